The highest BCUT2D eigenvalue weighted by atomic mass is 31.2. The molecule has 0 unspecified atom stereocenters. The van der Waals surface area contributed by atoms with Gasteiger partial charge in [0.2, 0.25) is 0 Å². The molecule has 0 aliphatic carbocycles. The minimum atomic E-state index is -4.75. The first-order chi connectivity index (χ1) is 13.1. The van der Waals surface area contributed by atoms with Gasteiger partial charge in [0.15, 0.2) is 5.72 Å². The second-order valence-electron chi connectivity index (χ2n) is 6.79. The fourth-order valence-electron chi connectivity index (χ4n) is 3.51. The Labute approximate surface area is 160 Å². The number of phosphoric acid groups is 1. The van der Waals surface area contributed by atoms with Gasteiger partial charge in [-0.25, -0.2) is 9.36 Å². The normalized spacial score (nSPS) is 27.8. The summed E-state index contributed by atoms with van der Waals surface area (Å²) in [4.78, 5) is 34.0. The van der Waals surface area contributed by atoms with Crippen LogP contribution in [-0.4, -0.2) is 43.3 Å². The molecule has 5 N–H and O–H groups in total. The van der Waals surface area contributed by atoms with Crippen LogP contribution in [0.1, 0.15) is 12.5 Å². The maximum atomic E-state index is 12.4. The smallest absolute Gasteiger partial charge is 0.390 e. The highest BCUT2D eigenvalue weighted by Gasteiger charge is 2.53. The molecule has 152 valence electrons. The van der Waals surface area contributed by atoms with Crippen molar-refractivity contribution < 1.29 is 28.7 Å². The third kappa shape index (κ3) is 4.33. The number of hydrogen-bond acceptors (Lipinski definition) is 7. The Bertz CT molecular complexity index is 932. The van der Waals surface area contributed by atoms with Crippen molar-refractivity contribution in [2.45, 2.75) is 31.3 Å². The molecule has 2 heterocycles. The lowest BCUT2D eigenvalue weighted by Crippen LogP contribution is -2.46. The topological polar surface area (TPSA) is 157 Å². The molecule has 4 atom stereocenters. The van der Waals surface area contributed by atoms with Crippen molar-refractivity contribution in [3.8, 4) is 0 Å². The van der Waals surface area contributed by atoms with E-state index in [0.29, 0.717) is 6.42 Å². The molecule has 0 radical (unpaired) electrons. The fourth-order valence-corrected chi connectivity index (χ4v) is 3.85. The molecule has 1 aromatic heterocycles. The van der Waals surface area contributed by atoms with Crippen molar-refractivity contribution in [3.05, 3.63) is 58.6 Å². The number of phosphoric ester groups is 1. The molecular weight excluding hydrogens is 389 g/mol. The molecule has 0 amide bonds. The van der Waals surface area contributed by atoms with Gasteiger partial charge in [0.25, 0.3) is 0 Å². The maximum Gasteiger partial charge on any atom is 0.469 e. The lowest BCUT2D eigenvalue weighted by Gasteiger charge is -2.33. The van der Waals surface area contributed by atoms with Crippen molar-refractivity contribution in [2.75, 3.05) is 12.3 Å². The van der Waals surface area contributed by atoms with Gasteiger partial charge in [0.1, 0.15) is 11.9 Å². The number of benzene rings is 1. The van der Waals surface area contributed by atoms with E-state index in [2.05, 4.69) is 9.51 Å². The number of aliphatic hydroxyl groups is 1. The molecule has 28 heavy (non-hydrogen) atoms. The van der Waals surface area contributed by atoms with Crippen molar-refractivity contribution >= 4 is 13.6 Å². The highest BCUT2D eigenvalue weighted by Crippen LogP contribution is 2.44. The molecule has 1 aliphatic heterocycles. The number of ether oxygens (including phenoxy) is 1. The molecule has 0 spiro atoms. The second kappa shape index (κ2) is 7.75. The maximum absolute atomic E-state index is 12.4. The number of nitrogens with two attached hydrogens (primary N) is 1. The van der Waals surface area contributed by atoms with Crippen LogP contribution in [0.5, 0.6) is 0 Å². The lowest BCUT2D eigenvalue weighted by atomic mass is 9.86. The molecular formula is C17H22N3O7P. The number of hydrogen-bond donors (Lipinski definition) is 4. The second-order valence-corrected chi connectivity index (χ2v) is 8.03. The van der Waals surface area contributed by atoms with Crippen molar-refractivity contribution in [1.82, 2.24) is 9.55 Å². The summed E-state index contributed by atoms with van der Waals surface area (Å²) in [7, 11) is -4.75. The first-order valence-electron chi connectivity index (χ1n) is 8.56. The number of aliphatic hydroxyl groups excluding tert-OH is 1. The molecule has 11 heteroatoms. The molecule has 1 aromatic carbocycles. The number of aromatic nitrogens is 2. The van der Waals surface area contributed by atoms with Crippen LogP contribution in [0.4, 0.5) is 5.82 Å². The number of nitrogen functional groups attached to an aromatic ring is 1. The average molecular weight is 411 g/mol. The van der Waals surface area contributed by atoms with Crippen LogP contribution in [0.25, 0.3) is 0 Å². The molecule has 1 aliphatic rings. The minimum Gasteiger partial charge on any atom is -0.390 e. The van der Waals surface area contributed by atoms with E-state index in [1.54, 1.807) is 6.92 Å². The first-order valence-corrected chi connectivity index (χ1v) is 10.1. The van der Waals surface area contributed by atoms with E-state index < -0.39 is 44.0 Å². The highest BCUT2D eigenvalue weighted by molar-refractivity contribution is 7.46. The Morgan fingerprint density at radius 3 is 2.61 bits per heavy atom. The van der Waals surface area contributed by atoms with Gasteiger partial charge in [-0.1, -0.05) is 30.3 Å². The van der Waals surface area contributed by atoms with Crippen molar-refractivity contribution in [1.29, 1.82) is 0 Å². The summed E-state index contributed by atoms with van der Waals surface area (Å²) in [5.74, 6) is -0.576. The zero-order chi connectivity index (χ0) is 20.5. The van der Waals surface area contributed by atoms with Crippen LogP contribution in [0.3, 0.4) is 0 Å². The Balaban J connectivity index is 1.98. The van der Waals surface area contributed by atoms with Crippen LogP contribution < -0.4 is 11.4 Å². The van der Waals surface area contributed by atoms with Crippen LogP contribution in [0.15, 0.2) is 47.4 Å². The molecule has 0 bridgehead atoms. The third-order valence-electron chi connectivity index (χ3n) is 4.88. The summed E-state index contributed by atoms with van der Waals surface area (Å²) < 4.78 is 22.7. The van der Waals surface area contributed by atoms with Gasteiger partial charge in [-0.3, -0.25) is 9.09 Å². The van der Waals surface area contributed by atoms with Gasteiger partial charge in [0.05, 0.1) is 12.7 Å². The Hall–Kier alpha value is -2.07. The van der Waals surface area contributed by atoms with Gasteiger partial charge >= 0.3 is 13.5 Å². The minimum absolute atomic E-state index is 0.0457. The van der Waals surface area contributed by atoms with Gasteiger partial charge in [-0.15, -0.1) is 0 Å². The van der Waals surface area contributed by atoms with Crippen LogP contribution in [-0.2, 0) is 26.0 Å². The Morgan fingerprint density at radius 2 is 2.00 bits per heavy atom. The molecule has 3 rings (SSSR count). The molecule has 2 aromatic rings. The number of rotatable bonds is 6. The summed E-state index contributed by atoms with van der Waals surface area (Å²) >= 11 is 0. The summed E-state index contributed by atoms with van der Waals surface area (Å²) in [6.07, 6.45) is -0.444. The van der Waals surface area contributed by atoms with Gasteiger partial charge in [0, 0.05) is 12.1 Å². The van der Waals surface area contributed by atoms with Crippen LogP contribution in [0, 0.1) is 5.92 Å². The predicted octanol–water partition coefficient (Wildman–Crippen LogP) is 0.226. The van der Waals surface area contributed by atoms with Gasteiger partial charge < -0.3 is 25.4 Å². The summed E-state index contributed by atoms with van der Waals surface area (Å²) in [6.45, 7) is 1.07. The van der Waals surface area contributed by atoms with E-state index in [1.807, 2.05) is 30.3 Å². The van der Waals surface area contributed by atoms with E-state index >= 15 is 0 Å². The Morgan fingerprint density at radius 1 is 1.32 bits per heavy atom. The number of nitrogens with zero attached hydrogens (tertiary/aromatic N) is 2. The van der Waals surface area contributed by atoms with Crippen LogP contribution >= 0.6 is 7.82 Å². The van der Waals surface area contributed by atoms with Crippen molar-refractivity contribution in [2.24, 2.45) is 5.92 Å². The van der Waals surface area contributed by atoms with E-state index in [-0.39, 0.29) is 5.82 Å². The lowest BCUT2D eigenvalue weighted by molar-refractivity contribution is -0.119. The quantitative estimate of drug-likeness (QED) is 0.488. The van der Waals surface area contributed by atoms with Gasteiger partial charge in [-0.05, 0) is 25.0 Å². The van der Waals surface area contributed by atoms with Crippen molar-refractivity contribution in [3.63, 3.8) is 0 Å². The first kappa shape index (κ1) is 20.7. The third-order valence-corrected chi connectivity index (χ3v) is 5.37. The Kier molecular flexibility index (Phi) is 5.72. The molecule has 1 fully saturated rings. The summed E-state index contributed by atoms with van der Waals surface area (Å²) in [5, 5.41) is 10.8. The predicted molar refractivity (Wildman–Crippen MR) is 99.1 cm³/mol. The zero-order valence-corrected chi connectivity index (χ0v) is 16.0. The number of anilines is 1. The summed E-state index contributed by atoms with van der Waals surface area (Å²) in [5.41, 5.74) is 4.45. The fraction of sp³-hybridized carbons (Fsp3) is 0.412. The monoisotopic (exact) mass is 411 g/mol. The van der Waals surface area contributed by atoms with E-state index in [9.17, 15) is 14.5 Å². The van der Waals surface area contributed by atoms with E-state index in [0.717, 1.165) is 5.56 Å². The largest absolute Gasteiger partial charge is 0.469 e. The van der Waals surface area contributed by atoms with E-state index in [1.165, 1.54) is 16.8 Å². The molecule has 1 saturated heterocycles. The molecule has 0 saturated carbocycles. The standard InChI is InChI=1S/C17H22N3O7P/c1-17(20-8-7-14(18)19-16(20)22)12(9-11-5-3-2-4-6-11)15(21)13(27-17)10-26-28(23,24)25/h2-8,12-13,15,21H,9-10H2,1H3,(H2,18,19,22)(H2,23,24,25)/t12-,13-,15+,17-/m1/s1. The average Bonchev–Trinajstić information content (AvgIpc) is 2.85. The van der Waals surface area contributed by atoms with E-state index in [4.69, 9.17) is 20.3 Å². The summed E-state index contributed by atoms with van der Waals surface area (Å²) in [6, 6.07) is 10.7. The molecule has 10 nitrogen and oxygen atoms in total. The van der Waals surface area contributed by atoms with Crippen LogP contribution in [0.2, 0.25) is 0 Å². The zero-order valence-electron chi connectivity index (χ0n) is 15.1. The van der Waals surface area contributed by atoms with Gasteiger partial charge in [-0.2, -0.15) is 4.98 Å². The SMILES string of the molecule is C[C@@]1(n2ccc(N)nc2=O)O[C@H](COP(=O)(O)O)[C@@H](O)[C@H]1Cc1ccccc1.